The van der Waals surface area contributed by atoms with Crippen LogP contribution in [0, 0.1) is 19.3 Å². The number of thiophene rings is 1. The minimum absolute atomic E-state index is 0.0369. The van der Waals surface area contributed by atoms with Crippen molar-refractivity contribution in [3.8, 4) is 18.1 Å². The van der Waals surface area contributed by atoms with E-state index in [2.05, 4.69) is 17.4 Å². The third-order valence-corrected chi connectivity index (χ3v) is 6.85. The summed E-state index contributed by atoms with van der Waals surface area (Å²) in [6.45, 7) is 8.04. The zero-order valence-electron chi connectivity index (χ0n) is 19.7. The average Bonchev–Trinajstić information content (AvgIpc) is 3.27. The van der Waals surface area contributed by atoms with Crippen LogP contribution in [0.1, 0.15) is 35.9 Å². The van der Waals surface area contributed by atoms with E-state index in [0.717, 1.165) is 12.2 Å². The number of fused-ring (bicyclic) bond motifs is 1. The molecule has 0 spiro atoms. The van der Waals surface area contributed by atoms with E-state index in [1.54, 1.807) is 11.3 Å². The number of amides is 1. The highest BCUT2D eigenvalue weighted by Crippen LogP contribution is 2.34. The molecular formula is C26H34N2O4S. The van der Waals surface area contributed by atoms with E-state index in [1.165, 1.54) is 16.0 Å². The van der Waals surface area contributed by atoms with E-state index in [1.807, 2.05) is 54.8 Å². The topological polar surface area (TPSA) is 62.2 Å². The van der Waals surface area contributed by atoms with Crippen LogP contribution in [-0.2, 0) is 16.0 Å². The van der Waals surface area contributed by atoms with E-state index in [0.29, 0.717) is 19.7 Å². The van der Waals surface area contributed by atoms with Crippen LogP contribution in [0.2, 0.25) is 0 Å². The fraction of sp³-hybridized carbons (Fsp3) is 0.500. The lowest BCUT2D eigenvalue weighted by Gasteiger charge is -2.38. The second kappa shape index (κ2) is 12.2. The molecule has 1 aliphatic heterocycles. The molecule has 33 heavy (non-hydrogen) atoms. The highest BCUT2D eigenvalue weighted by atomic mass is 32.1. The third-order valence-electron chi connectivity index (χ3n) is 5.85. The number of carbonyl (C=O) groups excluding carboxylic acids is 1. The van der Waals surface area contributed by atoms with Crippen molar-refractivity contribution in [2.24, 2.45) is 0 Å². The molecule has 6 nitrogen and oxygen atoms in total. The van der Waals surface area contributed by atoms with Crippen molar-refractivity contribution in [2.75, 3.05) is 39.5 Å². The molecule has 0 aliphatic carbocycles. The SMILES string of the molecule is C#CCOC[C@H](O)CN(CC(=O)N1CCc2sccc2[C@@H]1COc1ccc(C)cc1)C(C)C. The summed E-state index contributed by atoms with van der Waals surface area (Å²) in [6, 6.07) is 10.0. The number of terminal acetylenes is 1. The van der Waals surface area contributed by atoms with Gasteiger partial charge in [0, 0.05) is 24.0 Å². The van der Waals surface area contributed by atoms with Gasteiger partial charge >= 0.3 is 0 Å². The molecule has 1 amide bonds. The Kier molecular flexibility index (Phi) is 9.33. The summed E-state index contributed by atoms with van der Waals surface area (Å²) < 4.78 is 11.4. The van der Waals surface area contributed by atoms with Gasteiger partial charge in [-0.05, 0) is 56.3 Å². The average molecular weight is 471 g/mol. The number of carbonyl (C=O) groups is 1. The van der Waals surface area contributed by atoms with Gasteiger partial charge in [0.15, 0.2) is 0 Å². The van der Waals surface area contributed by atoms with Crippen molar-refractivity contribution in [1.82, 2.24) is 9.80 Å². The Balaban J connectivity index is 1.68. The summed E-state index contributed by atoms with van der Waals surface area (Å²) >= 11 is 1.74. The van der Waals surface area contributed by atoms with E-state index < -0.39 is 6.10 Å². The standard InChI is InChI=1S/C26H34N2O4S/c1-5-13-31-17-21(29)15-27(19(2)3)16-26(30)28-12-10-25-23(11-14-33-25)24(28)18-32-22-8-6-20(4)7-9-22/h1,6-9,11,14,19,21,24,29H,10,12-13,15-18H2,2-4H3/t21-,24+/m1/s1. The first-order valence-electron chi connectivity index (χ1n) is 11.4. The highest BCUT2D eigenvalue weighted by molar-refractivity contribution is 7.10. The lowest BCUT2D eigenvalue weighted by molar-refractivity contribution is -0.137. The van der Waals surface area contributed by atoms with E-state index in [9.17, 15) is 9.90 Å². The second-order valence-corrected chi connectivity index (χ2v) is 9.67. The number of ether oxygens (including phenoxy) is 2. The number of hydrogen-bond acceptors (Lipinski definition) is 6. The summed E-state index contributed by atoms with van der Waals surface area (Å²) in [5.41, 5.74) is 2.35. The summed E-state index contributed by atoms with van der Waals surface area (Å²) in [5.74, 6) is 3.23. The van der Waals surface area contributed by atoms with Gasteiger partial charge in [0.2, 0.25) is 5.91 Å². The van der Waals surface area contributed by atoms with Crippen molar-refractivity contribution < 1.29 is 19.4 Å². The van der Waals surface area contributed by atoms with Gasteiger partial charge in [-0.2, -0.15) is 0 Å². The van der Waals surface area contributed by atoms with Crippen LogP contribution in [0.4, 0.5) is 0 Å². The predicted octanol–water partition coefficient (Wildman–Crippen LogP) is 3.28. The molecular weight excluding hydrogens is 436 g/mol. The Bertz CT molecular complexity index is 935. The van der Waals surface area contributed by atoms with Gasteiger partial charge in [-0.15, -0.1) is 17.8 Å². The number of aliphatic hydroxyl groups excluding tert-OH is 1. The van der Waals surface area contributed by atoms with Gasteiger partial charge in [0.1, 0.15) is 19.0 Å². The summed E-state index contributed by atoms with van der Waals surface area (Å²) in [6.07, 6.45) is 5.34. The van der Waals surface area contributed by atoms with Crippen LogP contribution >= 0.6 is 11.3 Å². The van der Waals surface area contributed by atoms with E-state index >= 15 is 0 Å². The maximum Gasteiger partial charge on any atom is 0.237 e. The number of nitrogens with zero attached hydrogens (tertiary/aromatic N) is 2. The molecule has 1 N–H and O–H groups in total. The molecule has 0 radical (unpaired) electrons. The number of aryl methyl sites for hydroxylation is 1. The summed E-state index contributed by atoms with van der Waals surface area (Å²) in [4.78, 5) is 18.7. The van der Waals surface area contributed by atoms with Crippen molar-refractivity contribution in [1.29, 1.82) is 0 Å². The zero-order chi connectivity index (χ0) is 23.8. The molecule has 2 aromatic rings. The maximum atomic E-state index is 13.4. The third kappa shape index (κ3) is 7.05. The molecule has 1 aliphatic rings. The molecule has 1 aromatic heterocycles. The van der Waals surface area contributed by atoms with Crippen molar-refractivity contribution in [3.05, 3.63) is 51.7 Å². The van der Waals surface area contributed by atoms with Crippen molar-refractivity contribution >= 4 is 17.2 Å². The van der Waals surface area contributed by atoms with E-state index in [4.69, 9.17) is 15.9 Å². The summed E-state index contributed by atoms with van der Waals surface area (Å²) in [7, 11) is 0. The molecule has 0 fully saturated rings. The Morgan fingerprint density at radius 2 is 2.09 bits per heavy atom. The van der Waals surface area contributed by atoms with Crippen molar-refractivity contribution in [3.63, 3.8) is 0 Å². The normalized spacial score (nSPS) is 16.5. The molecule has 3 rings (SSSR count). The van der Waals surface area contributed by atoms with Gasteiger partial charge in [-0.25, -0.2) is 0 Å². The quantitative estimate of drug-likeness (QED) is 0.403. The van der Waals surface area contributed by atoms with Crippen LogP contribution in [0.5, 0.6) is 5.75 Å². The molecule has 7 heteroatoms. The number of benzene rings is 1. The van der Waals surface area contributed by atoms with Crippen LogP contribution in [-0.4, -0.2) is 72.4 Å². The largest absolute Gasteiger partial charge is 0.491 e. The molecule has 1 aromatic carbocycles. The van der Waals surface area contributed by atoms with Gasteiger partial charge in [0.25, 0.3) is 0 Å². The van der Waals surface area contributed by atoms with E-state index in [-0.39, 0.29) is 37.7 Å². The lowest BCUT2D eigenvalue weighted by Crippen LogP contribution is -2.49. The number of rotatable bonds is 11. The van der Waals surface area contributed by atoms with Gasteiger partial charge < -0.3 is 19.5 Å². The van der Waals surface area contributed by atoms with Crippen LogP contribution < -0.4 is 4.74 Å². The molecule has 0 bridgehead atoms. The Morgan fingerprint density at radius 3 is 2.79 bits per heavy atom. The Hall–Kier alpha value is -2.37. The Morgan fingerprint density at radius 1 is 1.33 bits per heavy atom. The highest BCUT2D eigenvalue weighted by Gasteiger charge is 2.33. The summed E-state index contributed by atoms with van der Waals surface area (Å²) in [5, 5.41) is 12.4. The van der Waals surface area contributed by atoms with Crippen LogP contribution in [0.25, 0.3) is 0 Å². The number of hydrogen-bond donors (Lipinski definition) is 1. The van der Waals surface area contributed by atoms with Gasteiger partial charge in [0.05, 0.1) is 25.3 Å². The van der Waals surface area contributed by atoms with Gasteiger partial charge in [-0.1, -0.05) is 23.6 Å². The molecule has 2 heterocycles. The molecule has 178 valence electrons. The van der Waals surface area contributed by atoms with Crippen LogP contribution in [0.15, 0.2) is 35.7 Å². The lowest BCUT2D eigenvalue weighted by atomic mass is 10.00. The molecule has 0 unspecified atom stereocenters. The zero-order valence-corrected chi connectivity index (χ0v) is 20.5. The molecule has 0 saturated carbocycles. The maximum absolute atomic E-state index is 13.4. The monoisotopic (exact) mass is 470 g/mol. The fourth-order valence-electron chi connectivity index (χ4n) is 3.98. The first kappa shape index (κ1) is 25.3. The first-order chi connectivity index (χ1) is 15.9. The van der Waals surface area contributed by atoms with Gasteiger partial charge in [-0.3, -0.25) is 9.69 Å². The van der Waals surface area contributed by atoms with Crippen LogP contribution in [0.3, 0.4) is 0 Å². The molecule has 2 atom stereocenters. The van der Waals surface area contributed by atoms with Crippen molar-refractivity contribution in [2.45, 2.75) is 45.4 Å². The predicted molar refractivity (Wildman–Crippen MR) is 132 cm³/mol. The minimum Gasteiger partial charge on any atom is -0.491 e. The fourth-order valence-corrected chi connectivity index (χ4v) is 4.91. The Labute approximate surface area is 201 Å². The smallest absolute Gasteiger partial charge is 0.237 e. The first-order valence-corrected chi connectivity index (χ1v) is 12.3. The molecule has 0 saturated heterocycles. The second-order valence-electron chi connectivity index (χ2n) is 8.67. The minimum atomic E-state index is -0.709. The number of aliphatic hydroxyl groups is 1.